The van der Waals surface area contributed by atoms with Crippen molar-refractivity contribution in [3.8, 4) is 0 Å². The van der Waals surface area contributed by atoms with Crippen LogP contribution in [0.5, 0.6) is 0 Å². The van der Waals surface area contributed by atoms with Gasteiger partial charge in [-0.3, -0.25) is 4.98 Å². The molecule has 0 amide bonds. The van der Waals surface area contributed by atoms with E-state index in [1.807, 2.05) is 43.5 Å². The van der Waals surface area contributed by atoms with Gasteiger partial charge in [0.15, 0.2) is 4.90 Å². The lowest BCUT2D eigenvalue weighted by atomic mass is 10.2. The smallest absolute Gasteiger partial charge is 0.180 e. The summed E-state index contributed by atoms with van der Waals surface area (Å²) in [7, 11) is 0. The molecular formula is C14H11BrN2OS. The van der Waals surface area contributed by atoms with Crippen molar-refractivity contribution in [3.63, 3.8) is 0 Å². The molecule has 96 valence electrons. The van der Waals surface area contributed by atoms with Crippen molar-refractivity contribution in [2.45, 2.75) is 11.8 Å². The van der Waals surface area contributed by atoms with E-state index in [2.05, 4.69) is 20.9 Å². The molecule has 0 aliphatic heterocycles. The molecule has 3 rings (SSSR count). The van der Waals surface area contributed by atoms with Gasteiger partial charge in [-0.1, -0.05) is 17.7 Å². The number of halogens is 1. The highest BCUT2D eigenvalue weighted by Crippen LogP contribution is 2.26. The molecule has 0 aliphatic rings. The Bertz CT molecular complexity index is 724. The van der Waals surface area contributed by atoms with Crippen molar-refractivity contribution in [1.82, 2.24) is 8.96 Å². The number of aromatic nitrogens is 2. The van der Waals surface area contributed by atoms with Crippen LogP contribution in [0.15, 0.2) is 58.3 Å². The third kappa shape index (κ3) is 2.29. The second-order valence-corrected chi connectivity index (χ2v) is 6.48. The van der Waals surface area contributed by atoms with Crippen molar-refractivity contribution < 1.29 is 4.55 Å². The molecular weight excluding hydrogens is 324 g/mol. The van der Waals surface area contributed by atoms with Crippen LogP contribution in [-0.4, -0.2) is 13.5 Å². The Kier molecular flexibility index (Phi) is 3.35. The van der Waals surface area contributed by atoms with Crippen molar-refractivity contribution in [2.75, 3.05) is 0 Å². The summed E-state index contributed by atoms with van der Waals surface area (Å²) in [6, 6.07) is 9.65. The van der Waals surface area contributed by atoms with E-state index in [-0.39, 0.29) is 0 Å². The van der Waals surface area contributed by atoms with E-state index in [0.29, 0.717) is 0 Å². The third-order valence-corrected chi connectivity index (χ3v) is 4.92. The number of hydrogen-bond donors (Lipinski definition) is 0. The van der Waals surface area contributed by atoms with Crippen LogP contribution >= 0.6 is 15.9 Å². The summed E-state index contributed by atoms with van der Waals surface area (Å²) >= 11 is 2.20. The number of nitrogens with zero attached hydrogens (tertiary/aromatic N) is 2. The molecule has 0 radical (unpaired) electrons. The normalized spacial score (nSPS) is 12.8. The van der Waals surface area contributed by atoms with Crippen LogP contribution in [0.4, 0.5) is 0 Å². The standard InChI is InChI=1S/C14H11BrN2OS/c1-10-2-4-11(5-3-10)19(18)17-7-6-12-13(15)8-16-9-14(12)17/h2-9H,1H3. The van der Waals surface area contributed by atoms with Gasteiger partial charge >= 0.3 is 0 Å². The van der Waals surface area contributed by atoms with Gasteiger partial charge in [0.2, 0.25) is 0 Å². The van der Waals surface area contributed by atoms with Gasteiger partial charge < -0.3 is 4.55 Å². The summed E-state index contributed by atoms with van der Waals surface area (Å²) in [6.45, 7) is 2.01. The quantitative estimate of drug-likeness (QED) is 0.671. The van der Waals surface area contributed by atoms with E-state index in [1.54, 1.807) is 16.4 Å². The molecule has 0 aliphatic carbocycles. The monoisotopic (exact) mass is 334 g/mol. The molecule has 1 unspecified atom stereocenters. The number of pyridine rings is 1. The minimum atomic E-state index is -1.25. The number of benzene rings is 1. The zero-order chi connectivity index (χ0) is 13.4. The first-order chi connectivity index (χ1) is 9.16. The molecule has 0 saturated heterocycles. The van der Waals surface area contributed by atoms with Crippen LogP contribution in [0.1, 0.15) is 5.56 Å². The Labute approximate surface area is 122 Å². The van der Waals surface area contributed by atoms with E-state index in [1.165, 1.54) is 0 Å². The average molecular weight is 335 g/mol. The van der Waals surface area contributed by atoms with Gasteiger partial charge in [-0.05, 0) is 41.1 Å². The van der Waals surface area contributed by atoms with Crippen molar-refractivity contribution in [2.24, 2.45) is 0 Å². The molecule has 1 atom stereocenters. The Hall–Kier alpha value is -1.30. The summed E-state index contributed by atoms with van der Waals surface area (Å²) in [5.41, 5.74) is 2.01. The topological polar surface area (TPSA) is 40.9 Å². The first-order valence-corrected chi connectivity index (χ1v) is 7.66. The van der Waals surface area contributed by atoms with Crippen LogP contribution in [0, 0.1) is 6.92 Å². The van der Waals surface area contributed by atoms with Crippen LogP contribution in [0.2, 0.25) is 0 Å². The van der Waals surface area contributed by atoms with Crippen LogP contribution in [-0.2, 0) is 11.4 Å². The molecule has 3 aromatic rings. The minimum absolute atomic E-state index is 0.781. The van der Waals surface area contributed by atoms with Gasteiger partial charge in [-0.2, -0.15) is 3.97 Å². The van der Waals surface area contributed by atoms with Gasteiger partial charge in [0.05, 0.1) is 12.4 Å². The predicted molar refractivity (Wildman–Crippen MR) is 80.4 cm³/mol. The average Bonchev–Trinajstić information content (AvgIpc) is 2.84. The fourth-order valence-corrected chi connectivity index (χ4v) is 3.46. The SMILES string of the molecule is Cc1ccc([S+]([O-])n2ccc3c(Br)cncc32)cc1. The highest BCUT2D eigenvalue weighted by molar-refractivity contribution is 9.10. The fourth-order valence-electron chi connectivity index (χ4n) is 1.91. The maximum Gasteiger partial charge on any atom is 0.180 e. The number of aryl methyl sites for hydroxylation is 1. The number of rotatable bonds is 2. The van der Waals surface area contributed by atoms with E-state index in [9.17, 15) is 4.55 Å². The largest absolute Gasteiger partial charge is 0.587 e. The second kappa shape index (κ2) is 5.00. The Balaban J connectivity index is 2.09. The first kappa shape index (κ1) is 12.7. The zero-order valence-corrected chi connectivity index (χ0v) is 12.6. The molecule has 0 saturated carbocycles. The van der Waals surface area contributed by atoms with Crippen molar-refractivity contribution in [3.05, 3.63) is 59.0 Å². The fraction of sp³-hybridized carbons (Fsp3) is 0.0714. The highest BCUT2D eigenvalue weighted by atomic mass is 79.9. The lowest BCUT2D eigenvalue weighted by Crippen LogP contribution is -2.11. The Morgan fingerprint density at radius 2 is 1.89 bits per heavy atom. The third-order valence-electron chi connectivity index (χ3n) is 2.93. The van der Waals surface area contributed by atoms with Gasteiger partial charge in [0.25, 0.3) is 0 Å². The Morgan fingerprint density at radius 1 is 1.16 bits per heavy atom. The maximum atomic E-state index is 12.6. The maximum absolute atomic E-state index is 12.6. The van der Waals surface area contributed by atoms with E-state index >= 15 is 0 Å². The number of fused-ring (bicyclic) bond motifs is 1. The molecule has 19 heavy (non-hydrogen) atoms. The van der Waals surface area contributed by atoms with Gasteiger partial charge in [-0.25, -0.2) is 0 Å². The lowest BCUT2D eigenvalue weighted by Gasteiger charge is -2.11. The minimum Gasteiger partial charge on any atom is -0.587 e. The molecule has 2 aromatic heterocycles. The van der Waals surface area contributed by atoms with Crippen LogP contribution in [0.3, 0.4) is 0 Å². The zero-order valence-electron chi connectivity index (χ0n) is 10.2. The molecule has 1 aromatic carbocycles. The molecule has 0 N–H and O–H groups in total. The summed E-state index contributed by atoms with van der Waals surface area (Å²) in [4.78, 5) is 4.91. The van der Waals surface area contributed by atoms with Gasteiger partial charge in [0, 0.05) is 16.1 Å². The molecule has 2 heterocycles. The Morgan fingerprint density at radius 3 is 2.63 bits per heavy atom. The van der Waals surface area contributed by atoms with Gasteiger partial charge in [-0.15, -0.1) is 0 Å². The highest BCUT2D eigenvalue weighted by Gasteiger charge is 2.17. The second-order valence-electron chi connectivity index (χ2n) is 4.26. The number of hydrogen-bond acceptors (Lipinski definition) is 2. The van der Waals surface area contributed by atoms with E-state index in [0.717, 1.165) is 25.8 Å². The predicted octanol–water partition coefficient (Wildman–Crippen LogP) is 3.68. The van der Waals surface area contributed by atoms with Gasteiger partial charge in [0.1, 0.15) is 16.9 Å². The molecule has 0 fully saturated rings. The molecule has 0 spiro atoms. The van der Waals surface area contributed by atoms with Crippen LogP contribution in [0.25, 0.3) is 10.9 Å². The summed E-state index contributed by atoms with van der Waals surface area (Å²) < 4.78 is 15.2. The van der Waals surface area contributed by atoms with Crippen molar-refractivity contribution >= 4 is 38.2 Å². The molecule has 3 nitrogen and oxygen atoms in total. The first-order valence-electron chi connectivity index (χ1n) is 5.76. The summed E-state index contributed by atoms with van der Waals surface area (Å²) in [6.07, 6.45) is 5.29. The van der Waals surface area contributed by atoms with E-state index in [4.69, 9.17) is 0 Å². The molecule has 0 bridgehead atoms. The van der Waals surface area contributed by atoms with Crippen LogP contribution < -0.4 is 0 Å². The van der Waals surface area contributed by atoms with E-state index < -0.39 is 11.4 Å². The lowest BCUT2D eigenvalue weighted by molar-refractivity contribution is 0.588. The summed E-state index contributed by atoms with van der Waals surface area (Å²) in [5.74, 6) is 0. The van der Waals surface area contributed by atoms with Crippen molar-refractivity contribution in [1.29, 1.82) is 0 Å². The molecule has 5 heteroatoms. The summed E-state index contributed by atoms with van der Waals surface area (Å²) in [5, 5.41) is 1.01.